The normalized spacial score (nSPS) is 20.4. The van der Waals surface area contributed by atoms with Gasteiger partial charge in [-0.25, -0.2) is 4.79 Å². The van der Waals surface area contributed by atoms with E-state index in [4.69, 9.17) is 19.9 Å². The fourth-order valence-corrected chi connectivity index (χ4v) is 2.35. The van der Waals surface area contributed by atoms with E-state index in [-0.39, 0.29) is 24.7 Å². The molecule has 20 heavy (non-hydrogen) atoms. The number of benzene rings is 1. The van der Waals surface area contributed by atoms with Crippen LogP contribution in [0.4, 0.5) is 4.79 Å². The smallest absolute Gasteiger partial charge is 0.346 e. The van der Waals surface area contributed by atoms with Gasteiger partial charge in [0.05, 0.1) is 6.61 Å². The maximum Gasteiger partial charge on any atom is 0.346 e. The molecule has 1 atom stereocenters. The summed E-state index contributed by atoms with van der Waals surface area (Å²) in [6.07, 6.45) is 0. The standard InChI is InChI=1S/C13H15N3O4/c1-18-5-4-16-11(12(14)15-13(16)17)8-2-3-9-10(6-8)20-7-19-9/h2-3,6,11H,4-5,7H2,1H3,(H2,14,15,17). The number of hydrogen-bond donors (Lipinski definition) is 1. The van der Waals surface area contributed by atoms with Crippen molar-refractivity contribution < 1.29 is 19.0 Å². The Morgan fingerprint density at radius 3 is 3.05 bits per heavy atom. The summed E-state index contributed by atoms with van der Waals surface area (Å²) in [5.41, 5.74) is 6.73. The fourth-order valence-electron chi connectivity index (χ4n) is 2.35. The van der Waals surface area contributed by atoms with Crippen LogP contribution < -0.4 is 15.2 Å². The van der Waals surface area contributed by atoms with Gasteiger partial charge in [-0.3, -0.25) is 0 Å². The average molecular weight is 277 g/mol. The number of nitrogens with zero attached hydrogens (tertiary/aromatic N) is 2. The van der Waals surface area contributed by atoms with Crippen LogP contribution >= 0.6 is 0 Å². The van der Waals surface area contributed by atoms with Gasteiger partial charge in [-0.05, 0) is 17.7 Å². The van der Waals surface area contributed by atoms with Crippen LogP contribution in [0.1, 0.15) is 11.6 Å². The molecule has 2 heterocycles. The zero-order chi connectivity index (χ0) is 14.1. The minimum Gasteiger partial charge on any atom is -0.454 e. The number of amides is 2. The molecule has 0 fully saturated rings. The van der Waals surface area contributed by atoms with E-state index in [1.54, 1.807) is 12.0 Å². The van der Waals surface area contributed by atoms with Gasteiger partial charge in [-0.15, -0.1) is 0 Å². The van der Waals surface area contributed by atoms with Crippen molar-refractivity contribution in [3.05, 3.63) is 23.8 Å². The van der Waals surface area contributed by atoms with Crippen molar-refractivity contribution >= 4 is 11.9 Å². The lowest BCUT2D eigenvalue weighted by Crippen LogP contribution is -2.35. The Balaban J connectivity index is 1.90. The second-order valence-electron chi connectivity index (χ2n) is 4.52. The van der Waals surface area contributed by atoms with Crippen LogP contribution in [0.15, 0.2) is 23.2 Å². The van der Waals surface area contributed by atoms with E-state index in [9.17, 15) is 4.79 Å². The summed E-state index contributed by atoms with van der Waals surface area (Å²) in [6, 6.07) is 4.77. The molecule has 2 aliphatic heterocycles. The van der Waals surface area contributed by atoms with Crippen LogP contribution in [-0.4, -0.2) is 43.8 Å². The minimum atomic E-state index is -0.382. The number of aliphatic imine (C=N–C) groups is 1. The molecular formula is C13H15N3O4. The van der Waals surface area contributed by atoms with Gasteiger partial charge >= 0.3 is 6.03 Å². The van der Waals surface area contributed by atoms with Gasteiger partial charge in [0.25, 0.3) is 0 Å². The van der Waals surface area contributed by atoms with Gasteiger partial charge in [0.2, 0.25) is 6.79 Å². The summed E-state index contributed by atoms with van der Waals surface area (Å²) in [5, 5.41) is 0. The third-order valence-electron chi connectivity index (χ3n) is 3.31. The number of hydrogen-bond acceptors (Lipinski definition) is 5. The van der Waals surface area contributed by atoms with Crippen molar-refractivity contribution in [2.45, 2.75) is 6.04 Å². The summed E-state index contributed by atoms with van der Waals surface area (Å²) >= 11 is 0. The molecule has 0 aliphatic carbocycles. The Hall–Kier alpha value is -2.28. The highest BCUT2D eigenvalue weighted by Gasteiger charge is 2.35. The van der Waals surface area contributed by atoms with Crippen LogP contribution in [0.2, 0.25) is 0 Å². The lowest BCUT2D eigenvalue weighted by molar-refractivity contribution is 0.150. The Labute approximate surface area is 115 Å². The van der Waals surface area contributed by atoms with Crippen molar-refractivity contribution in [1.82, 2.24) is 4.90 Å². The van der Waals surface area contributed by atoms with Crippen LogP contribution in [0.5, 0.6) is 11.5 Å². The molecule has 1 aromatic rings. The number of methoxy groups -OCH3 is 1. The molecule has 7 heteroatoms. The van der Waals surface area contributed by atoms with Gasteiger partial charge in [-0.1, -0.05) is 6.07 Å². The average Bonchev–Trinajstić information content (AvgIpc) is 2.99. The molecule has 0 saturated carbocycles. The van der Waals surface area contributed by atoms with Crippen LogP contribution in [0, 0.1) is 0 Å². The molecule has 0 radical (unpaired) electrons. The highest BCUT2D eigenvalue weighted by atomic mass is 16.7. The topological polar surface area (TPSA) is 86.4 Å². The number of fused-ring (bicyclic) bond motifs is 1. The van der Waals surface area contributed by atoms with E-state index in [1.807, 2.05) is 18.2 Å². The number of ether oxygens (including phenoxy) is 3. The molecule has 106 valence electrons. The van der Waals surface area contributed by atoms with Crippen molar-refractivity contribution in [3.63, 3.8) is 0 Å². The van der Waals surface area contributed by atoms with Crippen molar-refractivity contribution in [1.29, 1.82) is 0 Å². The lowest BCUT2D eigenvalue weighted by atomic mass is 10.0. The second kappa shape index (κ2) is 5.01. The van der Waals surface area contributed by atoms with Gasteiger partial charge in [0.1, 0.15) is 11.9 Å². The molecular weight excluding hydrogens is 262 g/mol. The van der Waals surface area contributed by atoms with E-state index < -0.39 is 0 Å². The number of rotatable bonds is 4. The predicted molar refractivity (Wildman–Crippen MR) is 70.9 cm³/mol. The monoisotopic (exact) mass is 277 g/mol. The zero-order valence-corrected chi connectivity index (χ0v) is 11.0. The number of urea groups is 1. The predicted octanol–water partition coefficient (Wildman–Crippen LogP) is 0.896. The van der Waals surface area contributed by atoms with Gasteiger partial charge in [-0.2, -0.15) is 4.99 Å². The van der Waals surface area contributed by atoms with Crippen molar-refractivity contribution in [2.75, 3.05) is 27.1 Å². The fraction of sp³-hybridized carbons (Fsp3) is 0.385. The number of carbonyl (C=O) groups excluding carboxylic acids is 1. The second-order valence-corrected chi connectivity index (χ2v) is 4.52. The summed E-state index contributed by atoms with van der Waals surface area (Å²) in [4.78, 5) is 17.3. The molecule has 2 amide bonds. The van der Waals surface area contributed by atoms with E-state index in [2.05, 4.69) is 4.99 Å². The van der Waals surface area contributed by atoms with Crippen LogP contribution in [0.25, 0.3) is 0 Å². The largest absolute Gasteiger partial charge is 0.454 e. The third-order valence-corrected chi connectivity index (χ3v) is 3.31. The molecule has 2 N–H and O–H groups in total. The molecule has 7 nitrogen and oxygen atoms in total. The van der Waals surface area contributed by atoms with E-state index in [0.29, 0.717) is 24.7 Å². The SMILES string of the molecule is COCCN1C(=O)N=C(N)C1c1ccc2c(c1)OCO2. The van der Waals surface area contributed by atoms with E-state index in [1.165, 1.54) is 0 Å². The minimum absolute atomic E-state index is 0.208. The number of nitrogens with two attached hydrogens (primary N) is 1. The molecule has 2 aliphatic rings. The first-order chi connectivity index (χ1) is 9.70. The van der Waals surface area contributed by atoms with Gasteiger partial charge in [0, 0.05) is 13.7 Å². The van der Waals surface area contributed by atoms with Crippen LogP contribution in [-0.2, 0) is 4.74 Å². The van der Waals surface area contributed by atoms with E-state index in [0.717, 1.165) is 5.56 Å². The van der Waals surface area contributed by atoms with Gasteiger partial charge < -0.3 is 24.8 Å². The first-order valence-electron chi connectivity index (χ1n) is 6.24. The highest BCUT2D eigenvalue weighted by Crippen LogP contribution is 2.36. The Kier molecular flexibility index (Phi) is 3.19. The summed E-state index contributed by atoms with van der Waals surface area (Å²) in [7, 11) is 1.58. The molecule has 0 spiro atoms. The summed E-state index contributed by atoms with van der Waals surface area (Å²) < 4.78 is 15.6. The van der Waals surface area contributed by atoms with Crippen molar-refractivity contribution in [3.8, 4) is 11.5 Å². The molecule has 0 saturated heterocycles. The molecule has 0 aromatic heterocycles. The Bertz CT molecular complexity index is 573. The summed E-state index contributed by atoms with van der Waals surface area (Å²) in [6.45, 7) is 1.06. The maximum absolute atomic E-state index is 11.9. The number of amidine groups is 1. The third kappa shape index (κ3) is 2.05. The Morgan fingerprint density at radius 2 is 2.25 bits per heavy atom. The summed E-state index contributed by atoms with van der Waals surface area (Å²) in [5.74, 6) is 1.63. The molecule has 0 bridgehead atoms. The first-order valence-corrected chi connectivity index (χ1v) is 6.24. The van der Waals surface area contributed by atoms with Crippen LogP contribution in [0.3, 0.4) is 0 Å². The maximum atomic E-state index is 11.9. The van der Waals surface area contributed by atoms with Gasteiger partial charge in [0.15, 0.2) is 11.5 Å². The Morgan fingerprint density at radius 1 is 1.45 bits per heavy atom. The quantitative estimate of drug-likeness (QED) is 0.883. The molecule has 1 aromatic carbocycles. The first kappa shape index (κ1) is 12.7. The molecule has 1 unspecified atom stereocenters. The highest BCUT2D eigenvalue weighted by molar-refractivity contribution is 6.03. The molecule has 3 rings (SSSR count). The lowest BCUT2D eigenvalue weighted by Gasteiger charge is -2.24. The van der Waals surface area contributed by atoms with E-state index >= 15 is 0 Å². The zero-order valence-electron chi connectivity index (χ0n) is 11.0. The van der Waals surface area contributed by atoms with Crippen molar-refractivity contribution in [2.24, 2.45) is 10.7 Å². The number of carbonyl (C=O) groups is 1.